The third-order valence-corrected chi connectivity index (χ3v) is 4.97. The van der Waals surface area contributed by atoms with E-state index in [0.717, 1.165) is 17.9 Å². The molecule has 3 heteroatoms. The third-order valence-electron chi connectivity index (χ3n) is 4.97. The predicted octanol–water partition coefficient (Wildman–Crippen LogP) is 3.12. The van der Waals surface area contributed by atoms with Crippen molar-refractivity contribution < 1.29 is 9.47 Å². The summed E-state index contributed by atoms with van der Waals surface area (Å²) in [6.45, 7) is 0. The Morgan fingerprint density at radius 3 is 2.42 bits per heavy atom. The van der Waals surface area contributed by atoms with Crippen LogP contribution in [0.1, 0.15) is 38.5 Å². The molecular weight excluding hydrogens is 238 g/mol. The largest absolute Gasteiger partial charge is 0.493 e. The van der Waals surface area contributed by atoms with Crippen LogP contribution in [0.25, 0.3) is 0 Å². The lowest BCUT2D eigenvalue weighted by molar-refractivity contribution is -0.0905. The van der Waals surface area contributed by atoms with Crippen LogP contribution >= 0.6 is 0 Å². The first-order valence-corrected chi connectivity index (χ1v) is 7.31. The summed E-state index contributed by atoms with van der Waals surface area (Å²) in [5, 5.41) is 0. The van der Waals surface area contributed by atoms with Gasteiger partial charge in [-0.3, -0.25) is 0 Å². The molecule has 2 aliphatic rings. The lowest BCUT2D eigenvalue weighted by Gasteiger charge is -2.56. The average molecular weight is 261 g/mol. The Labute approximate surface area is 115 Å². The summed E-state index contributed by atoms with van der Waals surface area (Å²) in [6, 6.07) is 8.20. The molecule has 0 amide bonds. The second-order valence-corrected chi connectivity index (χ2v) is 5.89. The van der Waals surface area contributed by atoms with Crippen molar-refractivity contribution in [1.29, 1.82) is 0 Å². The van der Waals surface area contributed by atoms with Crippen LogP contribution in [0.4, 0.5) is 0 Å². The van der Waals surface area contributed by atoms with Crippen molar-refractivity contribution in [2.24, 2.45) is 11.1 Å². The summed E-state index contributed by atoms with van der Waals surface area (Å²) in [5.41, 5.74) is 6.51. The lowest BCUT2D eigenvalue weighted by atomic mass is 9.55. The second kappa shape index (κ2) is 5.04. The van der Waals surface area contributed by atoms with Gasteiger partial charge in [-0.2, -0.15) is 0 Å². The molecule has 0 aromatic heterocycles. The standard InChI is InChI=1S/C16H23NO2/c1-18-12-7-3-4-8-13(12)19-15-11-14(17)16(15)9-5-2-6-10-16/h3-4,7-8,14-15H,2,5-6,9-11,17H2,1H3. The molecule has 1 spiro atoms. The van der Waals surface area contributed by atoms with Gasteiger partial charge in [0.2, 0.25) is 0 Å². The third kappa shape index (κ3) is 2.10. The zero-order chi connectivity index (χ0) is 13.3. The summed E-state index contributed by atoms with van der Waals surface area (Å²) in [7, 11) is 1.69. The lowest BCUT2D eigenvalue weighted by Crippen LogP contribution is -2.64. The number of nitrogens with two attached hydrogens (primary N) is 1. The van der Waals surface area contributed by atoms with E-state index in [9.17, 15) is 0 Å². The van der Waals surface area contributed by atoms with E-state index in [1.54, 1.807) is 7.11 Å². The van der Waals surface area contributed by atoms with Gasteiger partial charge in [-0.15, -0.1) is 0 Å². The van der Waals surface area contributed by atoms with Crippen molar-refractivity contribution in [3.05, 3.63) is 24.3 Å². The molecule has 0 heterocycles. The maximum absolute atomic E-state index is 6.29. The van der Waals surface area contributed by atoms with E-state index in [0.29, 0.717) is 6.04 Å². The highest BCUT2D eigenvalue weighted by molar-refractivity contribution is 5.40. The van der Waals surface area contributed by atoms with E-state index in [2.05, 4.69) is 0 Å². The van der Waals surface area contributed by atoms with Crippen LogP contribution in [-0.2, 0) is 0 Å². The number of hydrogen-bond acceptors (Lipinski definition) is 3. The number of hydrogen-bond donors (Lipinski definition) is 1. The van der Waals surface area contributed by atoms with Crippen molar-refractivity contribution in [2.45, 2.75) is 50.7 Å². The Kier molecular flexibility index (Phi) is 3.40. The molecule has 2 aliphatic carbocycles. The van der Waals surface area contributed by atoms with Crippen LogP contribution in [0, 0.1) is 5.41 Å². The fourth-order valence-corrected chi connectivity index (χ4v) is 3.72. The van der Waals surface area contributed by atoms with Crippen molar-refractivity contribution in [2.75, 3.05) is 7.11 Å². The highest BCUT2D eigenvalue weighted by atomic mass is 16.5. The van der Waals surface area contributed by atoms with Gasteiger partial charge in [-0.1, -0.05) is 31.4 Å². The molecule has 3 nitrogen and oxygen atoms in total. The normalized spacial score (nSPS) is 28.7. The minimum Gasteiger partial charge on any atom is -0.493 e. The molecule has 2 N–H and O–H groups in total. The van der Waals surface area contributed by atoms with E-state index in [1.807, 2.05) is 24.3 Å². The van der Waals surface area contributed by atoms with Crippen LogP contribution in [0.5, 0.6) is 11.5 Å². The number of para-hydroxylation sites is 2. The van der Waals surface area contributed by atoms with E-state index < -0.39 is 0 Å². The smallest absolute Gasteiger partial charge is 0.161 e. The van der Waals surface area contributed by atoms with Gasteiger partial charge in [-0.25, -0.2) is 0 Å². The van der Waals surface area contributed by atoms with Gasteiger partial charge in [0.15, 0.2) is 11.5 Å². The van der Waals surface area contributed by atoms with Crippen LogP contribution in [-0.4, -0.2) is 19.3 Å². The van der Waals surface area contributed by atoms with Gasteiger partial charge < -0.3 is 15.2 Å². The molecular formula is C16H23NO2. The zero-order valence-electron chi connectivity index (χ0n) is 11.6. The van der Waals surface area contributed by atoms with Crippen molar-refractivity contribution >= 4 is 0 Å². The fraction of sp³-hybridized carbons (Fsp3) is 0.625. The highest BCUT2D eigenvalue weighted by Crippen LogP contribution is 2.52. The van der Waals surface area contributed by atoms with E-state index in [1.165, 1.54) is 32.1 Å². The van der Waals surface area contributed by atoms with Crippen LogP contribution in [0.2, 0.25) is 0 Å². The Morgan fingerprint density at radius 1 is 1.11 bits per heavy atom. The Hall–Kier alpha value is -1.22. The maximum atomic E-state index is 6.29. The Balaban J connectivity index is 1.76. The van der Waals surface area contributed by atoms with Gasteiger partial charge in [0.1, 0.15) is 6.10 Å². The first-order chi connectivity index (χ1) is 9.26. The molecule has 2 saturated carbocycles. The molecule has 19 heavy (non-hydrogen) atoms. The Morgan fingerprint density at radius 2 is 1.79 bits per heavy atom. The molecule has 1 aromatic carbocycles. The topological polar surface area (TPSA) is 44.5 Å². The molecule has 2 fully saturated rings. The zero-order valence-corrected chi connectivity index (χ0v) is 11.6. The van der Waals surface area contributed by atoms with Gasteiger partial charge in [-0.05, 0) is 25.0 Å². The molecule has 2 unspecified atom stereocenters. The average Bonchev–Trinajstić information content (AvgIpc) is 2.48. The molecule has 0 bridgehead atoms. The van der Waals surface area contributed by atoms with E-state index in [4.69, 9.17) is 15.2 Å². The van der Waals surface area contributed by atoms with Crippen molar-refractivity contribution in [3.8, 4) is 11.5 Å². The molecule has 1 aromatic rings. The fourth-order valence-electron chi connectivity index (χ4n) is 3.72. The van der Waals surface area contributed by atoms with E-state index >= 15 is 0 Å². The highest BCUT2D eigenvalue weighted by Gasteiger charge is 2.55. The monoisotopic (exact) mass is 261 g/mol. The van der Waals surface area contributed by atoms with Crippen LogP contribution in [0.15, 0.2) is 24.3 Å². The SMILES string of the molecule is COc1ccccc1OC1CC(N)C12CCCCC2. The summed E-state index contributed by atoms with van der Waals surface area (Å²) in [5.74, 6) is 1.67. The summed E-state index contributed by atoms with van der Waals surface area (Å²) >= 11 is 0. The molecule has 0 radical (unpaired) electrons. The number of benzene rings is 1. The second-order valence-electron chi connectivity index (χ2n) is 5.89. The molecule has 0 saturated heterocycles. The number of ether oxygens (including phenoxy) is 2. The predicted molar refractivity (Wildman–Crippen MR) is 75.5 cm³/mol. The summed E-state index contributed by atoms with van der Waals surface area (Å²) < 4.78 is 11.6. The summed E-state index contributed by atoms with van der Waals surface area (Å²) in [4.78, 5) is 0. The minimum absolute atomic E-state index is 0.221. The minimum atomic E-state index is 0.221. The number of methoxy groups -OCH3 is 1. The Bertz CT molecular complexity index is 440. The van der Waals surface area contributed by atoms with E-state index in [-0.39, 0.29) is 11.5 Å². The van der Waals surface area contributed by atoms with Gasteiger partial charge in [0.05, 0.1) is 7.11 Å². The first kappa shape index (κ1) is 12.8. The molecule has 2 atom stereocenters. The van der Waals surface area contributed by atoms with Crippen LogP contribution < -0.4 is 15.2 Å². The molecule has 104 valence electrons. The maximum Gasteiger partial charge on any atom is 0.161 e. The van der Waals surface area contributed by atoms with Crippen molar-refractivity contribution in [3.63, 3.8) is 0 Å². The van der Waals surface area contributed by atoms with Gasteiger partial charge in [0, 0.05) is 17.9 Å². The molecule has 0 aliphatic heterocycles. The van der Waals surface area contributed by atoms with Crippen LogP contribution in [0.3, 0.4) is 0 Å². The van der Waals surface area contributed by atoms with Gasteiger partial charge >= 0.3 is 0 Å². The number of rotatable bonds is 3. The molecule has 3 rings (SSSR count). The van der Waals surface area contributed by atoms with Crippen molar-refractivity contribution in [1.82, 2.24) is 0 Å². The summed E-state index contributed by atoms with van der Waals surface area (Å²) in [6.07, 6.45) is 7.59. The van der Waals surface area contributed by atoms with Gasteiger partial charge in [0.25, 0.3) is 0 Å². The first-order valence-electron chi connectivity index (χ1n) is 7.31. The quantitative estimate of drug-likeness (QED) is 0.909.